The van der Waals surface area contributed by atoms with Gasteiger partial charge in [0.1, 0.15) is 18.2 Å². The van der Waals surface area contributed by atoms with Crippen molar-refractivity contribution < 1.29 is 17.6 Å². The molecule has 0 saturated carbocycles. The summed E-state index contributed by atoms with van der Waals surface area (Å²) in [7, 11) is -0.815. The fraction of sp³-hybridized carbons (Fsp3) is 0.278. The first-order valence-electron chi connectivity index (χ1n) is 9.11. The third-order valence-electron chi connectivity index (χ3n) is 4.85. The molecule has 31 heavy (non-hydrogen) atoms. The molecule has 1 saturated heterocycles. The minimum absolute atomic E-state index is 0.142. The summed E-state index contributed by atoms with van der Waals surface area (Å²) in [4.78, 5) is 18.6. The number of benzene rings is 1. The number of nitrogens with one attached hydrogen (secondary N) is 2. The lowest BCUT2D eigenvalue weighted by Crippen LogP contribution is -2.55. The maximum Gasteiger partial charge on any atom is 0.280 e. The molecule has 1 aromatic carbocycles. The van der Waals surface area contributed by atoms with Gasteiger partial charge in [-0.15, -0.1) is 11.3 Å². The molecule has 1 aliphatic heterocycles. The first-order valence-corrected chi connectivity index (χ1v) is 11.7. The van der Waals surface area contributed by atoms with Crippen molar-refractivity contribution in [1.29, 1.82) is 0 Å². The van der Waals surface area contributed by atoms with E-state index in [0.717, 1.165) is 20.1 Å². The predicted molar refractivity (Wildman–Crippen MR) is 115 cm³/mol. The number of likely N-dealkylation sites (N-methyl/N-ethyl adjacent to an activating group) is 1. The third kappa shape index (κ3) is 4.48. The van der Waals surface area contributed by atoms with Crippen molar-refractivity contribution in [2.24, 2.45) is 7.05 Å². The zero-order valence-electron chi connectivity index (χ0n) is 16.4. The van der Waals surface area contributed by atoms with Crippen molar-refractivity contribution in [3.63, 3.8) is 0 Å². The maximum absolute atomic E-state index is 13.4. The summed E-state index contributed by atoms with van der Waals surface area (Å²) in [6, 6.07) is 5.80. The molecule has 3 aromatic rings. The van der Waals surface area contributed by atoms with Gasteiger partial charge < -0.3 is 5.32 Å². The van der Waals surface area contributed by atoms with E-state index in [1.807, 2.05) is 6.07 Å². The van der Waals surface area contributed by atoms with E-state index >= 15 is 0 Å². The van der Waals surface area contributed by atoms with E-state index in [2.05, 4.69) is 20.1 Å². The number of thiophene rings is 1. The summed E-state index contributed by atoms with van der Waals surface area (Å²) in [6.07, 6.45) is 1.78. The normalized spacial score (nSPS) is 21.2. The molecule has 1 amide bonds. The second-order valence-electron chi connectivity index (χ2n) is 7.01. The summed E-state index contributed by atoms with van der Waals surface area (Å²) in [5.74, 6) is -0.613. The molecule has 0 bridgehead atoms. The van der Waals surface area contributed by atoms with Gasteiger partial charge in [-0.1, -0.05) is 11.6 Å². The van der Waals surface area contributed by atoms with Crippen LogP contribution < -0.4 is 10.0 Å². The van der Waals surface area contributed by atoms with Gasteiger partial charge in [-0.25, -0.2) is 9.37 Å². The number of halogens is 2. The molecule has 3 heterocycles. The number of rotatable bonds is 4. The van der Waals surface area contributed by atoms with Crippen LogP contribution in [0, 0.1) is 5.82 Å². The van der Waals surface area contributed by atoms with Crippen LogP contribution >= 0.6 is 22.9 Å². The Hall–Kier alpha value is -2.38. The van der Waals surface area contributed by atoms with Gasteiger partial charge in [0.05, 0.1) is 15.9 Å². The molecule has 2 N–H and O–H groups in total. The molecule has 13 heteroatoms. The Kier molecular flexibility index (Phi) is 5.83. The number of aromatic nitrogens is 3. The monoisotopic (exact) mass is 484 g/mol. The van der Waals surface area contributed by atoms with Gasteiger partial charge in [-0.3, -0.25) is 9.48 Å². The van der Waals surface area contributed by atoms with Crippen molar-refractivity contribution >= 4 is 44.7 Å². The van der Waals surface area contributed by atoms with Gasteiger partial charge in [-0.05, 0) is 36.8 Å². The second-order valence-corrected chi connectivity index (χ2v) is 10.3. The molecule has 1 fully saturated rings. The maximum atomic E-state index is 13.4. The molecule has 0 radical (unpaired) electrons. The summed E-state index contributed by atoms with van der Waals surface area (Å²) >= 11 is 7.12. The van der Waals surface area contributed by atoms with Crippen LogP contribution in [0.3, 0.4) is 0 Å². The Morgan fingerprint density at radius 1 is 1.32 bits per heavy atom. The molecule has 0 unspecified atom stereocenters. The molecule has 164 valence electrons. The number of carbonyl (C=O) groups excluding carboxylic acids is 1. The van der Waals surface area contributed by atoms with E-state index in [0.29, 0.717) is 5.82 Å². The minimum Gasteiger partial charge on any atom is -0.325 e. The Morgan fingerprint density at radius 2 is 2.10 bits per heavy atom. The zero-order chi connectivity index (χ0) is 22.3. The lowest BCUT2D eigenvalue weighted by Gasteiger charge is -2.35. The van der Waals surface area contributed by atoms with Crippen LogP contribution in [0.4, 0.5) is 10.1 Å². The summed E-state index contributed by atoms with van der Waals surface area (Å²) in [5.41, 5.74) is 0.275. The fourth-order valence-electron chi connectivity index (χ4n) is 3.21. The first kappa shape index (κ1) is 21.8. The summed E-state index contributed by atoms with van der Waals surface area (Å²) < 4.78 is 43.8. The number of aryl methyl sites for hydroxylation is 1. The van der Waals surface area contributed by atoms with E-state index in [-0.39, 0.29) is 17.1 Å². The van der Waals surface area contributed by atoms with Crippen LogP contribution in [0.15, 0.2) is 36.7 Å². The van der Waals surface area contributed by atoms with Crippen molar-refractivity contribution in [3.05, 3.63) is 52.4 Å². The number of carbonyl (C=O) groups is 1. The molecule has 9 nitrogen and oxygen atoms in total. The van der Waals surface area contributed by atoms with Crippen LogP contribution in [0.5, 0.6) is 0 Å². The van der Waals surface area contributed by atoms with E-state index in [1.165, 1.54) is 30.5 Å². The second kappa shape index (κ2) is 8.28. The Bertz CT molecular complexity index is 1240. The Morgan fingerprint density at radius 3 is 2.77 bits per heavy atom. The molecule has 4 rings (SSSR count). The lowest BCUT2D eigenvalue weighted by atomic mass is 10.1. The van der Waals surface area contributed by atoms with Crippen LogP contribution in [0.2, 0.25) is 5.02 Å². The first-order chi connectivity index (χ1) is 14.6. The summed E-state index contributed by atoms with van der Waals surface area (Å²) in [6.45, 7) is 0. The standard InChI is InChI=1S/C18H18ClFN6O3S2/c1-25-9-21-17(23-25)16-6-5-15(30-16)13-8-14(26(2)31(28,29)24-13)18(27)22-10-3-4-12(20)11(19)7-10/h3-7,9,13-14,24H,8H2,1-2H3,(H,22,27)/t13-,14+/m0/s1. The van der Waals surface area contributed by atoms with Gasteiger partial charge in [-0.2, -0.15) is 22.5 Å². The van der Waals surface area contributed by atoms with Crippen molar-refractivity contribution in [2.45, 2.75) is 18.5 Å². The van der Waals surface area contributed by atoms with Crippen molar-refractivity contribution in [2.75, 3.05) is 12.4 Å². The lowest BCUT2D eigenvalue weighted by molar-refractivity contribution is -0.120. The molecular weight excluding hydrogens is 467 g/mol. The largest absolute Gasteiger partial charge is 0.325 e. The van der Waals surface area contributed by atoms with E-state index in [1.54, 1.807) is 24.1 Å². The van der Waals surface area contributed by atoms with Crippen molar-refractivity contribution in [1.82, 2.24) is 23.8 Å². The van der Waals surface area contributed by atoms with Gasteiger partial charge in [0.25, 0.3) is 10.2 Å². The highest BCUT2D eigenvalue weighted by Gasteiger charge is 2.41. The molecule has 2 aromatic heterocycles. The smallest absolute Gasteiger partial charge is 0.280 e. The average molecular weight is 485 g/mol. The fourth-order valence-corrected chi connectivity index (χ4v) is 5.74. The van der Waals surface area contributed by atoms with Gasteiger partial charge in [0.2, 0.25) is 5.91 Å². The zero-order valence-corrected chi connectivity index (χ0v) is 18.8. The van der Waals surface area contributed by atoms with Crippen LogP contribution in [-0.4, -0.2) is 46.5 Å². The molecule has 0 spiro atoms. The Labute approximate surface area is 187 Å². The number of hydrogen-bond acceptors (Lipinski definition) is 6. The van der Waals surface area contributed by atoms with E-state index in [4.69, 9.17) is 11.6 Å². The highest BCUT2D eigenvalue weighted by molar-refractivity contribution is 7.87. The topological polar surface area (TPSA) is 109 Å². The van der Waals surface area contributed by atoms with Crippen LogP contribution in [-0.2, 0) is 22.1 Å². The summed E-state index contributed by atoms with van der Waals surface area (Å²) in [5, 5.41) is 6.72. The molecular formula is C18H18ClFN6O3S2. The highest BCUT2D eigenvalue weighted by atomic mass is 35.5. The van der Waals surface area contributed by atoms with E-state index in [9.17, 15) is 17.6 Å². The Balaban J connectivity index is 1.57. The number of amides is 1. The molecule has 0 aliphatic carbocycles. The molecule has 2 atom stereocenters. The predicted octanol–water partition coefficient (Wildman–Crippen LogP) is 2.55. The number of hydrogen-bond donors (Lipinski definition) is 2. The minimum atomic E-state index is -3.90. The third-order valence-corrected chi connectivity index (χ3v) is 7.93. The quantitative estimate of drug-likeness (QED) is 0.591. The SMILES string of the molecule is CN1[C@@H](C(=O)Nc2ccc(F)c(Cl)c2)C[C@@H](c2ccc(-c3ncn(C)n3)s2)NS1(=O)=O. The van der Waals surface area contributed by atoms with Crippen LogP contribution in [0.1, 0.15) is 17.3 Å². The molecule has 1 aliphatic rings. The van der Waals surface area contributed by atoms with Gasteiger partial charge >= 0.3 is 0 Å². The number of anilines is 1. The highest BCUT2D eigenvalue weighted by Crippen LogP contribution is 2.35. The van der Waals surface area contributed by atoms with Gasteiger partial charge in [0, 0.05) is 24.7 Å². The van der Waals surface area contributed by atoms with Crippen LogP contribution in [0.25, 0.3) is 10.7 Å². The van der Waals surface area contributed by atoms with Gasteiger partial charge in [0.15, 0.2) is 5.82 Å². The average Bonchev–Trinajstić information content (AvgIpc) is 3.35. The van der Waals surface area contributed by atoms with E-state index < -0.39 is 34.0 Å². The van der Waals surface area contributed by atoms with Crippen molar-refractivity contribution in [3.8, 4) is 10.7 Å². The number of nitrogens with zero attached hydrogens (tertiary/aromatic N) is 4.